The van der Waals surface area contributed by atoms with Crippen molar-refractivity contribution >= 4 is 11.7 Å². The maximum Gasteiger partial charge on any atom is 0.416 e. The van der Waals surface area contributed by atoms with Crippen LogP contribution in [0.4, 0.5) is 19.0 Å². The molecule has 0 aliphatic heterocycles. The maximum absolute atomic E-state index is 12.8. The number of nitrogens with one attached hydrogen (secondary N) is 1. The predicted molar refractivity (Wildman–Crippen MR) is 88.4 cm³/mol. The molecule has 0 spiro atoms. The van der Waals surface area contributed by atoms with E-state index in [2.05, 4.69) is 15.4 Å². The standard InChI is InChI=1S/C17H14F3N5O/c18-17(19,20)12-3-1-4-13(7-12)25-10-11(9-23-25)8-22-16(26)14-5-2-6-15(21)24-14/h1-7,9-10H,8H2,(H2,21,24)(H,22,26). The Kier molecular flexibility index (Phi) is 4.61. The van der Waals surface area contributed by atoms with Gasteiger partial charge in [0, 0.05) is 18.3 Å². The highest BCUT2D eigenvalue weighted by Gasteiger charge is 2.30. The van der Waals surface area contributed by atoms with Crippen LogP contribution in [0.15, 0.2) is 54.9 Å². The number of nitrogens with zero attached hydrogens (tertiary/aromatic N) is 3. The van der Waals surface area contributed by atoms with E-state index in [9.17, 15) is 18.0 Å². The van der Waals surface area contributed by atoms with Gasteiger partial charge < -0.3 is 11.1 Å². The number of nitrogens with two attached hydrogens (primary N) is 1. The van der Waals surface area contributed by atoms with Gasteiger partial charge in [-0.25, -0.2) is 9.67 Å². The van der Waals surface area contributed by atoms with Gasteiger partial charge in [0.05, 0.1) is 17.4 Å². The zero-order chi connectivity index (χ0) is 18.7. The fraction of sp³-hybridized carbons (Fsp3) is 0.118. The minimum absolute atomic E-state index is 0.147. The number of alkyl halides is 3. The number of aromatic nitrogens is 3. The van der Waals surface area contributed by atoms with Crippen LogP contribution in [0.5, 0.6) is 0 Å². The van der Waals surface area contributed by atoms with E-state index in [1.54, 1.807) is 18.3 Å². The second kappa shape index (κ2) is 6.87. The Labute approximate surface area is 146 Å². The van der Waals surface area contributed by atoms with Crippen LogP contribution in [0.25, 0.3) is 5.69 Å². The summed E-state index contributed by atoms with van der Waals surface area (Å²) in [7, 11) is 0. The molecular formula is C17H14F3N5O. The number of halogens is 3. The number of rotatable bonds is 4. The Morgan fingerprint density at radius 3 is 2.69 bits per heavy atom. The number of nitrogen functional groups attached to an aromatic ring is 1. The van der Waals surface area contributed by atoms with Crippen molar-refractivity contribution in [2.45, 2.75) is 12.7 Å². The van der Waals surface area contributed by atoms with E-state index in [1.807, 2.05) is 0 Å². The SMILES string of the molecule is Nc1cccc(C(=O)NCc2cnn(-c3cccc(C(F)(F)F)c3)c2)n1. The molecule has 3 rings (SSSR count). The molecular weight excluding hydrogens is 347 g/mol. The number of amides is 1. The van der Waals surface area contributed by atoms with Gasteiger partial charge >= 0.3 is 6.18 Å². The number of pyridine rings is 1. The third-order valence-electron chi connectivity index (χ3n) is 3.53. The molecule has 0 aliphatic rings. The molecule has 0 unspecified atom stereocenters. The molecule has 1 aromatic carbocycles. The van der Waals surface area contributed by atoms with Crippen molar-refractivity contribution in [1.29, 1.82) is 0 Å². The molecule has 0 aliphatic carbocycles. The monoisotopic (exact) mass is 361 g/mol. The van der Waals surface area contributed by atoms with E-state index in [1.165, 1.54) is 29.1 Å². The molecule has 2 heterocycles. The van der Waals surface area contributed by atoms with E-state index in [-0.39, 0.29) is 23.7 Å². The Hall–Kier alpha value is -3.36. The summed E-state index contributed by atoms with van der Waals surface area (Å²) in [5.41, 5.74) is 5.85. The molecule has 0 saturated carbocycles. The topological polar surface area (TPSA) is 85.8 Å². The number of benzene rings is 1. The predicted octanol–water partition coefficient (Wildman–Crippen LogP) is 2.80. The van der Waals surface area contributed by atoms with Crippen LogP contribution < -0.4 is 11.1 Å². The smallest absolute Gasteiger partial charge is 0.384 e. The van der Waals surface area contributed by atoms with Gasteiger partial charge in [0.2, 0.25) is 0 Å². The zero-order valence-corrected chi connectivity index (χ0v) is 13.4. The highest BCUT2D eigenvalue weighted by Crippen LogP contribution is 2.30. The molecule has 9 heteroatoms. The summed E-state index contributed by atoms with van der Waals surface area (Å²) >= 11 is 0. The summed E-state index contributed by atoms with van der Waals surface area (Å²) in [6.07, 6.45) is -1.42. The zero-order valence-electron chi connectivity index (χ0n) is 13.4. The van der Waals surface area contributed by atoms with Gasteiger partial charge in [0.15, 0.2) is 0 Å². The van der Waals surface area contributed by atoms with Crippen LogP contribution in [-0.4, -0.2) is 20.7 Å². The Morgan fingerprint density at radius 1 is 1.19 bits per heavy atom. The van der Waals surface area contributed by atoms with Crippen LogP contribution in [-0.2, 0) is 12.7 Å². The van der Waals surface area contributed by atoms with E-state index in [4.69, 9.17) is 5.73 Å². The van der Waals surface area contributed by atoms with E-state index in [0.717, 1.165) is 12.1 Å². The van der Waals surface area contributed by atoms with Crippen LogP contribution in [0.2, 0.25) is 0 Å². The van der Waals surface area contributed by atoms with Crippen molar-refractivity contribution in [2.75, 3.05) is 5.73 Å². The maximum atomic E-state index is 12.8. The van der Waals surface area contributed by atoms with Crippen molar-refractivity contribution in [3.8, 4) is 5.69 Å². The van der Waals surface area contributed by atoms with Gasteiger partial charge in [0.25, 0.3) is 5.91 Å². The molecule has 3 N–H and O–H groups in total. The first-order valence-electron chi connectivity index (χ1n) is 7.55. The van der Waals surface area contributed by atoms with Crippen LogP contribution in [0, 0.1) is 0 Å². The lowest BCUT2D eigenvalue weighted by atomic mass is 10.2. The molecule has 0 saturated heterocycles. The van der Waals surface area contributed by atoms with Crippen molar-refractivity contribution in [2.24, 2.45) is 0 Å². The first-order chi connectivity index (χ1) is 12.3. The van der Waals surface area contributed by atoms with Crippen molar-refractivity contribution in [3.05, 3.63) is 71.7 Å². The summed E-state index contributed by atoms with van der Waals surface area (Å²) < 4.78 is 39.7. The van der Waals surface area contributed by atoms with Crippen molar-refractivity contribution < 1.29 is 18.0 Å². The quantitative estimate of drug-likeness (QED) is 0.748. The first kappa shape index (κ1) is 17.5. The number of hydrogen-bond donors (Lipinski definition) is 2. The molecule has 0 atom stereocenters. The highest BCUT2D eigenvalue weighted by atomic mass is 19.4. The molecule has 3 aromatic rings. The number of carbonyl (C=O) groups is 1. The van der Waals surface area contributed by atoms with Gasteiger partial charge in [-0.3, -0.25) is 4.79 Å². The molecule has 0 bridgehead atoms. The second-order valence-corrected chi connectivity index (χ2v) is 5.47. The van der Waals surface area contributed by atoms with Crippen LogP contribution in [0.3, 0.4) is 0 Å². The van der Waals surface area contributed by atoms with E-state index < -0.39 is 17.6 Å². The minimum Gasteiger partial charge on any atom is -0.384 e. The van der Waals surface area contributed by atoms with Gasteiger partial charge in [-0.2, -0.15) is 18.3 Å². The van der Waals surface area contributed by atoms with Gasteiger partial charge in [0.1, 0.15) is 11.5 Å². The van der Waals surface area contributed by atoms with Gasteiger partial charge in [-0.15, -0.1) is 0 Å². The average Bonchev–Trinajstić information content (AvgIpc) is 3.08. The molecule has 26 heavy (non-hydrogen) atoms. The summed E-state index contributed by atoms with van der Waals surface area (Å²) in [6, 6.07) is 9.53. The molecule has 134 valence electrons. The lowest BCUT2D eigenvalue weighted by Gasteiger charge is -2.08. The Balaban J connectivity index is 1.70. The summed E-state index contributed by atoms with van der Waals surface area (Å²) in [6.45, 7) is 0.147. The fourth-order valence-corrected chi connectivity index (χ4v) is 2.27. The summed E-state index contributed by atoms with van der Waals surface area (Å²) in [5, 5.41) is 6.69. The highest BCUT2D eigenvalue weighted by molar-refractivity contribution is 5.92. The van der Waals surface area contributed by atoms with Crippen LogP contribution in [0.1, 0.15) is 21.6 Å². The number of hydrogen-bond acceptors (Lipinski definition) is 4. The third-order valence-corrected chi connectivity index (χ3v) is 3.53. The third kappa shape index (κ3) is 4.00. The molecule has 2 aromatic heterocycles. The Bertz CT molecular complexity index is 936. The fourth-order valence-electron chi connectivity index (χ4n) is 2.27. The lowest BCUT2D eigenvalue weighted by molar-refractivity contribution is -0.137. The molecule has 6 nitrogen and oxygen atoms in total. The van der Waals surface area contributed by atoms with Gasteiger partial charge in [-0.1, -0.05) is 12.1 Å². The molecule has 0 fully saturated rings. The lowest BCUT2D eigenvalue weighted by Crippen LogP contribution is -2.23. The average molecular weight is 361 g/mol. The largest absolute Gasteiger partial charge is 0.416 e. The van der Waals surface area contributed by atoms with Crippen LogP contribution >= 0.6 is 0 Å². The molecule has 0 radical (unpaired) electrons. The van der Waals surface area contributed by atoms with Gasteiger partial charge in [-0.05, 0) is 30.3 Å². The summed E-state index contributed by atoms with van der Waals surface area (Å²) in [5.74, 6) is -0.181. The second-order valence-electron chi connectivity index (χ2n) is 5.47. The minimum atomic E-state index is -4.43. The first-order valence-corrected chi connectivity index (χ1v) is 7.55. The molecule has 1 amide bonds. The number of anilines is 1. The summed E-state index contributed by atoms with van der Waals surface area (Å²) in [4.78, 5) is 15.9. The number of carbonyl (C=O) groups excluding carboxylic acids is 1. The van der Waals surface area contributed by atoms with E-state index >= 15 is 0 Å². The normalized spacial score (nSPS) is 11.3. The van der Waals surface area contributed by atoms with Crippen molar-refractivity contribution in [3.63, 3.8) is 0 Å². The Morgan fingerprint density at radius 2 is 1.96 bits per heavy atom. The van der Waals surface area contributed by atoms with E-state index in [0.29, 0.717) is 5.56 Å². The van der Waals surface area contributed by atoms with Crippen molar-refractivity contribution in [1.82, 2.24) is 20.1 Å².